The number of nitrogens with zero attached hydrogens (tertiary/aromatic N) is 4. The van der Waals surface area contributed by atoms with E-state index in [2.05, 4.69) is 5.10 Å². The molecule has 1 fully saturated rings. The molecule has 0 atom stereocenters. The van der Waals surface area contributed by atoms with Crippen LogP contribution >= 0.6 is 0 Å². The molecule has 3 heterocycles. The molecule has 2 aromatic carbocycles. The summed E-state index contributed by atoms with van der Waals surface area (Å²) in [5.41, 5.74) is 8.18. The van der Waals surface area contributed by atoms with Crippen LogP contribution in [-0.4, -0.2) is 40.6 Å². The van der Waals surface area contributed by atoms with Gasteiger partial charge in [-0.3, -0.25) is 14.4 Å². The summed E-state index contributed by atoms with van der Waals surface area (Å²) < 4.78 is 28.6. The molecule has 0 radical (unpaired) electrons. The molecule has 1 saturated heterocycles. The third-order valence-corrected chi connectivity index (χ3v) is 6.50. The van der Waals surface area contributed by atoms with Gasteiger partial charge in [0.2, 0.25) is 5.91 Å². The zero-order valence-electron chi connectivity index (χ0n) is 19.1. The van der Waals surface area contributed by atoms with Crippen LogP contribution in [0.4, 0.5) is 20.2 Å². The van der Waals surface area contributed by atoms with Crippen molar-refractivity contribution in [3.8, 4) is 5.69 Å². The second-order valence-corrected chi connectivity index (χ2v) is 8.73. The van der Waals surface area contributed by atoms with Crippen molar-refractivity contribution in [2.45, 2.75) is 32.6 Å². The van der Waals surface area contributed by atoms with Crippen molar-refractivity contribution in [3.63, 3.8) is 0 Å². The molecule has 2 aliphatic heterocycles. The van der Waals surface area contributed by atoms with Gasteiger partial charge in [-0.1, -0.05) is 0 Å². The number of carbonyl (C=O) groups excluding carboxylic acids is 3. The molecule has 2 aliphatic rings. The SMILES string of the molecule is Cc1cc(N2CCCCC2=O)ccc1N1CCc2c(C(N)=O)nn(-c3ccc(F)c(F)c3)c2C1=O. The second-order valence-electron chi connectivity index (χ2n) is 8.73. The lowest BCUT2D eigenvalue weighted by molar-refractivity contribution is -0.119. The Labute approximate surface area is 199 Å². The van der Waals surface area contributed by atoms with Crippen molar-refractivity contribution in [2.75, 3.05) is 22.9 Å². The summed E-state index contributed by atoms with van der Waals surface area (Å²) in [7, 11) is 0. The summed E-state index contributed by atoms with van der Waals surface area (Å²) >= 11 is 0. The van der Waals surface area contributed by atoms with Crippen LogP contribution in [0, 0.1) is 18.6 Å². The summed E-state index contributed by atoms with van der Waals surface area (Å²) in [5, 5.41) is 4.18. The van der Waals surface area contributed by atoms with Crippen LogP contribution in [0.15, 0.2) is 36.4 Å². The number of hydrogen-bond donors (Lipinski definition) is 1. The van der Waals surface area contributed by atoms with E-state index >= 15 is 0 Å². The average Bonchev–Trinajstić information content (AvgIpc) is 3.23. The topological polar surface area (TPSA) is 102 Å². The number of nitrogens with two attached hydrogens (primary N) is 1. The van der Waals surface area contributed by atoms with Crippen LogP contribution in [0.25, 0.3) is 5.69 Å². The zero-order valence-corrected chi connectivity index (χ0v) is 19.1. The summed E-state index contributed by atoms with van der Waals surface area (Å²) in [6, 6.07) is 8.60. The number of benzene rings is 2. The highest BCUT2D eigenvalue weighted by molar-refractivity contribution is 6.10. The molecule has 0 aliphatic carbocycles. The van der Waals surface area contributed by atoms with Gasteiger partial charge in [0, 0.05) is 42.5 Å². The van der Waals surface area contributed by atoms with Gasteiger partial charge in [-0.15, -0.1) is 0 Å². The number of carbonyl (C=O) groups is 3. The molecule has 35 heavy (non-hydrogen) atoms. The Kier molecular flexibility index (Phi) is 5.58. The van der Waals surface area contributed by atoms with Crippen molar-refractivity contribution in [3.05, 3.63) is 70.5 Å². The fourth-order valence-corrected chi connectivity index (χ4v) is 4.78. The maximum absolute atomic E-state index is 13.9. The van der Waals surface area contributed by atoms with Crippen molar-refractivity contribution in [2.24, 2.45) is 5.73 Å². The molecule has 8 nitrogen and oxygen atoms in total. The van der Waals surface area contributed by atoms with Crippen LogP contribution in [0.5, 0.6) is 0 Å². The van der Waals surface area contributed by atoms with E-state index in [1.807, 2.05) is 19.1 Å². The number of halogens is 2. The first-order chi connectivity index (χ1) is 16.8. The Balaban J connectivity index is 1.55. The van der Waals surface area contributed by atoms with E-state index < -0.39 is 23.4 Å². The summed E-state index contributed by atoms with van der Waals surface area (Å²) in [6.45, 7) is 2.79. The lowest BCUT2D eigenvalue weighted by Gasteiger charge is -2.31. The van der Waals surface area contributed by atoms with Gasteiger partial charge in [0.1, 0.15) is 5.69 Å². The normalized spacial score (nSPS) is 16.0. The minimum Gasteiger partial charge on any atom is -0.364 e. The Bertz CT molecular complexity index is 1380. The minimum atomic E-state index is -1.11. The molecule has 180 valence electrons. The fraction of sp³-hybridized carbons (Fsp3) is 0.280. The Hall–Kier alpha value is -4.08. The van der Waals surface area contributed by atoms with E-state index in [0.717, 1.165) is 40.9 Å². The maximum Gasteiger partial charge on any atom is 0.277 e. The molecule has 0 unspecified atom stereocenters. The van der Waals surface area contributed by atoms with E-state index in [0.29, 0.717) is 30.6 Å². The molecule has 3 amide bonds. The van der Waals surface area contributed by atoms with Crippen LogP contribution in [0.1, 0.15) is 51.4 Å². The number of primary amides is 1. The number of fused-ring (bicyclic) bond motifs is 1. The largest absolute Gasteiger partial charge is 0.364 e. The van der Waals surface area contributed by atoms with Gasteiger partial charge < -0.3 is 15.5 Å². The molecule has 5 rings (SSSR count). The third-order valence-electron chi connectivity index (χ3n) is 6.50. The van der Waals surface area contributed by atoms with E-state index in [-0.39, 0.29) is 29.5 Å². The van der Waals surface area contributed by atoms with Gasteiger partial charge in [-0.2, -0.15) is 5.10 Å². The standard InChI is InChI=1S/C25H23F2N5O3/c1-14-12-15(30-10-3-2-4-21(30)33)6-8-20(14)31-11-9-17-22(24(28)34)29-32(23(17)25(31)35)16-5-7-18(26)19(27)13-16/h5-8,12-13H,2-4,9-11H2,1H3,(H2,28,34). The second kappa shape index (κ2) is 8.61. The van der Waals surface area contributed by atoms with E-state index in [1.54, 1.807) is 15.9 Å². The average molecular weight is 479 g/mol. The van der Waals surface area contributed by atoms with Gasteiger partial charge in [0.25, 0.3) is 11.8 Å². The highest BCUT2D eigenvalue weighted by Gasteiger charge is 2.35. The first-order valence-corrected chi connectivity index (χ1v) is 11.4. The number of hydrogen-bond acceptors (Lipinski definition) is 4. The monoisotopic (exact) mass is 479 g/mol. The molecule has 0 bridgehead atoms. The summed E-state index contributed by atoms with van der Waals surface area (Å²) in [4.78, 5) is 41.3. The lowest BCUT2D eigenvalue weighted by Crippen LogP contribution is -2.39. The molecular weight excluding hydrogens is 456 g/mol. The Morgan fingerprint density at radius 3 is 2.40 bits per heavy atom. The first-order valence-electron chi connectivity index (χ1n) is 11.4. The van der Waals surface area contributed by atoms with Crippen LogP contribution in [-0.2, 0) is 11.2 Å². The van der Waals surface area contributed by atoms with E-state index in [4.69, 9.17) is 5.73 Å². The minimum absolute atomic E-state index is 0.0748. The predicted molar refractivity (Wildman–Crippen MR) is 125 cm³/mol. The maximum atomic E-state index is 13.9. The van der Waals surface area contributed by atoms with E-state index in [9.17, 15) is 23.2 Å². The Morgan fingerprint density at radius 1 is 0.943 bits per heavy atom. The predicted octanol–water partition coefficient (Wildman–Crippen LogP) is 3.28. The van der Waals surface area contributed by atoms with Gasteiger partial charge in [-0.05, 0) is 62.1 Å². The molecule has 10 heteroatoms. The van der Waals surface area contributed by atoms with Crippen LogP contribution in [0.3, 0.4) is 0 Å². The highest BCUT2D eigenvalue weighted by atomic mass is 19.2. The number of aryl methyl sites for hydroxylation is 1. The molecule has 3 aromatic rings. The number of rotatable bonds is 4. The van der Waals surface area contributed by atoms with Crippen molar-refractivity contribution in [1.29, 1.82) is 0 Å². The van der Waals surface area contributed by atoms with E-state index in [1.165, 1.54) is 6.07 Å². The molecule has 1 aromatic heterocycles. The quantitative estimate of drug-likeness (QED) is 0.621. The fourth-order valence-electron chi connectivity index (χ4n) is 4.78. The first kappa shape index (κ1) is 22.7. The number of anilines is 2. The number of piperidine rings is 1. The highest BCUT2D eigenvalue weighted by Crippen LogP contribution is 2.33. The van der Waals surface area contributed by atoms with Crippen molar-refractivity contribution >= 4 is 29.1 Å². The summed E-state index contributed by atoms with van der Waals surface area (Å²) in [5.74, 6) is -3.32. The third kappa shape index (κ3) is 3.84. The van der Waals surface area contributed by atoms with Gasteiger partial charge in [0.05, 0.1) is 5.69 Å². The molecular formula is C25H23F2N5O3. The zero-order chi connectivity index (χ0) is 24.9. The van der Waals surface area contributed by atoms with Crippen molar-refractivity contribution in [1.82, 2.24) is 9.78 Å². The lowest BCUT2D eigenvalue weighted by atomic mass is 10.0. The smallest absolute Gasteiger partial charge is 0.277 e. The van der Waals surface area contributed by atoms with Gasteiger partial charge in [0.15, 0.2) is 17.3 Å². The molecule has 0 spiro atoms. The van der Waals surface area contributed by atoms with Gasteiger partial charge in [-0.25, -0.2) is 13.5 Å². The van der Waals surface area contributed by atoms with Gasteiger partial charge >= 0.3 is 0 Å². The van der Waals surface area contributed by atoms with Crippen molar-refractivity contribution < 1.29 is 23.2 Å². The van der Waals surface area contributed by atoms with Crippen LogP contribution in [0.2, 0.25) is 0 Å². The summed E-state index contributed by atoms with van der Waals surface area (Å²) in [6.07, 6.45) is 2.64. The van der Waals surface area contributed by atoms with Crippen LogP contribution < -0.4 is 15.5 Å². The molecule has 2 N–H and O–H groups in total. The molecule has 0 saturated carbocycles. The Morgan fingerprint density at radius 2 is 1.71 bits per heavy atom. The number of aromatic nitrogens is 2. The number of amides is 3.